The minimum absolute atomic E-state index is 0.0658. The van der Waals surface area contributed by atoms with Crippen molar-refractivity contribution in [1.82, 2.24) is 5.43 Å². The molecule has 6 heteroatoms. The van der Waals surface area contributed by atoms with E-state index in [4.69, 9.17) is 5.84 Å². The van der Waals surface area contributed by atoms with E-state index < -0.39 is 17.6 Å². The monoisotopic (exact) mass is 218 g/mol. The molecule has 0 aliphatic heterocycles. The van der Waals surface area contributed by atoms with Crippen LogP contribution in [-0.2, 0) is 6.18 Å². The Bertz CT molecular complexity index is 387. The molecule has 0 heterocycles. The van der Waals surface area contributed by atoms with Crippen molar-refractivity contribution in [1.29, 1.82) is 0 Å². The first-order valence-corrected chi connectivity index (χ1v) is 4.05. The summed E-state index contributed by atoms with van der Waals surface area (Å²) < 4.78 is 37.3. The van der Waals surface area contributed by atoms with E-state index in [0.717, 1.165) is 6.07 Å². The van der Waals surface area contributed by atoms with Crippen LogP contribution in [0, 0.1) is 6.92 Å². The van der Waals surface area contributed by atoms with Gasteiger partial charge in [0.25, 0.3) is 5.91 Å². The maximum absolute atomic E-state index is 12.4. The Labute approximate surface area is 84.0 Å². The van der Waals surface area contributed by atoms with Gasteiger partial charge in [0.15, 0.2) is 0 Å². The lowest BCUT2D eigenvalue weighted by molar-refractivity contribution is -0.138. The predicted molar refractivity (Wildman–Crippen MR) is 47.8 cm³/mol. The molecule has 0 bridgehead atoms. The lowest BCUT2D eigenvalue weighted by Crippen LogP contribution is -2.30. The highest BCUT2D eigenvalue weighted by atomic mass is 19.4. The molecule has 0 aliphatic carbocycles. The molecular weight excluding hydrogens is 209 g/mol. The number of carbonyl (C=O) groups excluding carboxylic acids is 1. The van der Waals surface area contributed by atoms with Gasteiger partial charge in [-0.25, -0.2) is 5.84 Å². The fourth-order valence-electron chi connectivity index (χ4n) is 1.15. The topological polar surface area (TPSA) is 55.1 Å². The van der Waals surface area contributed by atoms with E-state index in [-0.39, 0.29) is 11.1 Å². The van der Waals surface area contributed by atoms with Crippen molar-refractivity contribution < 1.29 is 18.0 Å². The lowest BCUT2D eigenvalue weighted by Gasteiger charge is -2.11. The molecule has 1 amide bonds. The van der Waals surface area contributed by atoms with Gasteiger partial charge in [-0.3, -0.25) is 10.2 Å². The third kappa shape index (κ3) is 2.47. The number of halogens is 3. The zero-order valence-corrected chi connectivity index (χ0v) is 7.85. The summed E-state index contributed by atoms with van der Waals surface area (Å²) in [6.45, 7) is 1.33. The van der Waals surface area contributed by atoms with E-state index in [1.807, 2.05) is 0 Å². The summed E-state index contributed by atoms with van der Waals surface area (Å²) in [4.78, 5) is 11.0. The summed E-state index contributed by atoms with van der Waals surface area (Å²) in [7, 11) is 0. The number of hydrazine groups is 1. The molecule has 0 fully saturated rings. The normalized spacial score (nSPS) is 11.3. The average Bonchev–Trinajstić information content (AvgIpc) is 2.15. The molecule has 15 heavy (non-hydrogen) atoms. The highest BCUT2D eigenvalue weighted by Gasteiger charge is 2.32. The van der Waals surface area contributed by atoms with Gasteiger partial charge in [0.05, 0.1) is 5.56 Å². The van der Waals surface area contributed by atoms with Gasteiger partial charge >= 0.3 is 6.18 Å². The van der Waals surface area contributed by atoms with Crippen LogP contribution in [0.15, 0.2) is 18.2 Å². The third-order valence-electron chi connectivity index (χ3n) is 1.94. The second kappa shape index (κ2) is 3.90. The van der Waals surface area contributed by atoms with Crippen LogP contribution in [-0.4, -0.2) is 5.91 Å². The van der Waals surface area contributed by atoms with E-state index in [9.17, 15) is 18.0 Å². The minimum atomic E-state index is -4.46. The first-order valence-electron chi connectivity index (χ1n) is 4.05. The van der Waals surface area contributed by atoms with Gasteiger partial charge in [-0.1, -0.05) is 6.07 Å². The van der Waals surface area contributed by atoms with Crippen LogP contribution in [0.5, 0.6) is 0 Å². The van der Waals surface area contributed by atoms with Crippen LogP contribution >= 0.6 is 0 Å². The van der Waals surface area contributed by atoms with E-state index >= 15 is 0 Å². The number of rotatable bonds is 1. The molecule has 0 aromatic heterocycles. The second-order valence-corrected chi connectivity index (χ2v) is 3.00. The van der Waals surface area contributed by atoms with E-state index in [2.05, 4.69) is 0 Å². The van der Waals surface area contributed by atoms with Gasteiger partial charge in [-0.2, -0.15) is 13.2 Å². The molecule has 0 saturated carbocycles. The Morgan fingerprint density at radius 2 is 2.00 bits per heavy atom. The maximum Gasteiger partial charge on any atom is 0.416 e. The molecule has 1 aromatic rings. The molecule has 1 rings (SSSR count). The summed E-state index contributed by atoms with van der Waals surface area (Å²) in [6, 6.07) is 3.29. The van der Waals surface area contributed by atoms with E-state index in [0.29, 0.717) is 0 Å². The number of nitrogen functional groups attached to an aromatic ring is 1. The first-order chi connectivity index (χ1) is 6.86. The largest absolute Gasteiger partial charge is 0.416 e. The van der Waals surface area contributed by atoms with Crippen LogP contribution in [0.2, 0.25) is 0 Å². The molecule has 0 saturated heterocycles. The van der Waals surface area contributed by atoms with Crippen molar-refractivity contribution >= 4 is 5.91 Å². The summed E-state index contributed by atoms with van der Waals surface area (Å²) in [5.41, 5.74) is 0.894. The fourth-order valence-corrected chi connectivity index (χ4v) is 1.15. The molecule has 1 aromatic carbocycles. The van der Waals surface area contributed by atoms with Gasteiger partial charge < -0.3 is 0 Å². The van der Waals surface area contributed by atoms with Crippen molar-refractivity contribution in [3.8, 4) is 0 Å². The van der Waals surface area contributed by atoms with Gasteiger partial charge in [-0.15, -0.1) is 0 Å². The summed E-state index contributed by atoms with van der Waals surface area (Å²) in [5, 5.41) is 0. The van der Waals surface area contributed by atoms with Crippen LogP contribution < -0.4 is 11.3 Å². The van der Waals surface area contributed by atoms with Crippen LogP contribution in [0.3, 0.4) is 0 Å². The van der Waals surface area contributed by atoms with Crippen molar-refractivity contribution in [2.24, 2.45) is 5.84 Å². The number of amides is 1. The Kier molecular flexibility index (Phi) is 2.99. The second-order valence-electron chi connectivity index (χ2n) is 3.00. The Morgan fingerprint density at radius 1 is 1.40 bits per heavy atom. The van der Waals surface area contributed by atoms with Crippen molar-refractivity contribution in [2.75, 3.05) is 0 Å². The molecule has 0 aliphatic rings. The summed E-state index contributed by atoms with van der Waals surface area (Å²) in [5.74, 6) is 4.07. The Morgan fingerprint density at radius 3 is 2.47 bits per heavy atom. The van der Waals surface area contributed by atoms with Crippen LogP contribution in [0.25, 0.3) is 0 Å². The number of alkyl halides is 3. The molecular formula is C9H9F3N2O. The predicted octanol–water partition coefficient (Wildman–Crippen LogP) is 1.62. The van der Waals surface area contributed by atoms with Crippen LogP contribution in [0.1, 0.15) is 21.5 Å². The molecule has 0 atom stereocenters. The zero-order valence-electron chi connectivity index (χ0n) is 7.85. The smallest absolute Gasteiger partial charge is 0.290 e. The number of hydrogen-bond acceptors (Lipinski definition) is 2. The van der Waals surface area contributed by atoms with E-state index in [1.54, 1.807) is 5.43 Å². The van der Waals surface area contributed by atoms with Crippen molar-refractivity contribution in [3.05, 3.63) is 34.9 Å². The minimum Gasteiger partial charge on any atom is -0.290 e. The number of benzene rings is 1. The highest BCUT2D eigenvalue weighted by molar-refractivity contribution is 5.94. The SMILES string of the molecule is Cc1ccc(C(=O)NN)cc1C(F)(F)F. The van der Waals surface area contributed by atoms with Gasteiger partial charge in [0.1, 0.15) is 0 Å². The maximum atomic E-state index is 12.4. The quantitative estimate of drug-likeness (QED) is 0.427. The number of carbonyl (C=O) groups is 1. The Hall–Kier alpha value is -1.56. The molecule has 0 radical (unpaired) electrons. The highest BCUT2D eigenvalue weighted by Crippen LogP contribution is 2.32. The summed E-state index contributed by atoms with van der Waals surface area (Å²) >= 11 is 0. The molecule has 82 valence electrons. The first kappa shape index (κ1) is 11.5. The standard InChI is InChI=1S/C9H9F3N2O/c1-5-2-3-6(8(15)14-13)4-7(5)9(10,11)12/h2-4H,13H2,1H3,(H,14,15). The van der Waals surface area contributed by atoms with Crippen molar-refractivity contribution in [3.63, 3.8) is 0 Å². The number of nitrogens with two attached hydrogens (primary N) is 1. The molecule has 3 N–H and O–H groups in total. The molecule has 3 nitrogen and oxygen atoms in total. The average molecular weight is 218 g/mol. The van der Waals surface area contributed by atoms with Gasteiger partial charge in [0, 0.05) is 5.56 Å². The number of hydrogen-bond donors (Lipinski definition) is 2. The number of nitrogens with one attached hydrogen (secondary N) is 1. The van der Waals surface area contributed by atoms with E-state index in [1.165, 1.54) is 19.1 Å². The zero-order chi connectivity index (χ0) is 11.6. The number of aryl methyl sites for hydroxylation is 1. The fraction of sp³-hybridized carbons (Fsp3) is 0.222. The summed E-state index contributed by atoms with van der Waals surface area (Å²) in [6.07, 6.45) is -4.46. The molecule has 0 unspecified atom stereocenters. The third-order valence-corrected chi connectivity index (χ3v) is 1.94. The Balaban J connectivity index is 3.23. The van der Waals surface area contributed by atoms with Crippen molar-refractivity contribution in [2.45, 2.75) is 13.1 Å². The molecule has 0 spiro atoms. The lowest BCUT2D eigenvalue weighted by atomic mass is 10.0. The van der Waals surface area contributed by atoms with Crippen LogP contribution in [0.4, 0.5) is 13.2 Å². The van der Waals surface area contributed by atoms with Gasteiger partial charge in [0.2, 0.25) is 0 Å². The van der Waals surface area contributed by atoms with Gasteiger partial charge in [-0.05, 0) is 24.6 Å².